The number of nitrogens with one attached hydrogen (secondary N) is 2. The van der Waals surface area contributed by atoms with E-state index in [0.29, 0.717) is 6.54 Å². The topological polar surface area (TPSA) is 77.2 Å². The highest BCUT2D eigenvalue weighted by atomic mass is 16.2. The summed E-state index contributed by atoms with van der Waals surface area (Å²) in [5, 5.41) is 4.03. The van der Waals surface area contributed by atoms with Crippen LogP contribution < -0.4 is 10.2 Å². The van der Waals surface area contributed by atoms with Crippen molar-refractivity contribution < 1.29 is 4.79 Å². The largest absolute Gasteiger partial charge is 0.354 e. The van der Waals surface area contributed by atoms with Crippen molar-refractivity contribution in [3.8, 4) is 0 Å². The van der Waals surface area contributed by atoms with Gasteiger partial charge in [0.05, 0.1) is 11.4 Å². The van der Waals surface area contributed by atoms with Gasteiger partial charge in [0.2, 0.25) is 0 Å². The summed E-state index contributed by atoms with van der Waals surface area (Å²) >= 11 is 0. The molecule has 5 rings (SSSR count). The van der Waals surface area contributed by atoms with Crippen LogP contribution >= 0.6 is 0 Å². The minimum atomic E-state index is -0.0298. The summed E-state index contributed by atoms with van der Waals surface area (Å²) < 4.78 is 0. The summed E-state index contributed by atoms with van der Waals surface area (Å²) in [4.78, 5) is 28.9. The zero-order chi connectivity index (χ0) is 18.4. The Hall–Kier alpha value is -3.09. The second-order valence-corrected chi connectivity index (χ2v) is 7.60. The average Bonchev–Trinajstić information content (AvgIpc) is 3.13. The van der Waals surface area contributed by atoms with Gasteiger partial charge in [-0.3, -0.25) is 0 Å². The van der Waals surface area contributed by atoms with E-state index in [1.165, 1.54) is 0 Å². The van der Waals surface area contributed by atoms with Gasteiger partial charge in [0, 0.05) is 37.4 Å². The molecule has 3 heterocycles. The first kappa shape index (κ1) is 16.1. The summed E-state index contributed by atoms with van der Waals surface area (Å²) in [5.74, 6) is 0.919. The van der Waals surface area contributed by atoms with Crippen LogP contribution in [0.5, 0.6) is 0 Å². The summed E-state index contributed by atoms with van der Waals surface area (Å²) in [6, 6.07) is 11.9. The number of benzene rings is 1. The number of likely N-dealkylation sites (N-methyl/N-ethyl adjacent to an activating group) is 1. The van der Waals surface area contributed by atoms with Crippen molar-refractivity contribution in [2.45, 2.75) is 18.9 Å². The predicted molar refractivity (Wildman–Crippen MR) is 105 cm³/mol. The van der Waals surface area contributed by atoms with Gasteiger partial charge in [-0.1, -0.05) is 18.2 Å². The molecule has 7 heteroatoms. The number of para-hydroxylation sites is 1. The van der Waals surface area contributed by atoms with Crippen molar-refractivity contribution in [2.24, 2.45) is 5.41 Å². The summed E-state index contributed by atoms with van der Waals surface area (Å²) in [7, 11) is 2.08. The monoisotopic (exact) mass is 362 g/mol. The van der Waals surface area contributed by atoms with Gasteiger partial charge in [-0.05, 0) is 31.0 Å². The molecule has 2 N–H and O–H groups in total. The van der Waals surface area contributed by atoms with Crippen LogP contribution in [0.1, 0.15) is 12.8 Å². The van der Waals surface area contributed by atoms with Crippen molar-refractivity contribution in [3.05, 3.63) is 48.9 Å². The third-order valence-electron chi connectivity index (χ3n) is 5.94. The molecule has 1 spiro atoms. The van der Waals surface area contributed by atoms with Gasteiger partial charge >= 0.3 is 6.03 Å². The number of carbonyl (C=O) groups is 1. The van der Waals surface area contributed by atoms with Gasteiger partial charge in [0.1, 0.15) is 17.8 Å². The highest BCUT2D eigenvalue weighted by molar-refractivity contribution is 5.90. The van der Waals surface area contributed by atoms with Crippen LogP contribution in [0.2, 0.25) is 0 Å². The first-order chi connectivity index (χ1) is 13.2. The Morgan fingerprint density at radius 1 is 1.26 bits per heavy atom. The SMILES string of the molecule is CN(c1ncnc2[nH]ccc12)[C@H]1CN(C(=O)Nc2ccccc2)CC12CC2. The van der Waals surface area contributed by atoms with E-state index < -0.39 is 0 Å². The smallest absolute Gasteiger partial charge is 0.321 e. The number of hydrogen-bond acceptors (Lipinski definition) is 4. The predicted octanol–water partition coefficient (Wildman–Crippen LogP) is 3.09. The molecule has 0 radical (unpaired) electrons. The number of hydrogen-bond donors (Lipinski definition) is 2. The lowest BCUT2D eigenvalue weighted by molar-refractivity contribution is 0.220. The number of aromatic nitrogens is 3. The lowest BCUT2D eigenvalue weighted by Gasteiger charge is -2.30. The molecule has 2 aliphatic rings. The molecular formula is C20H22N6O. The van der Waals surface area contributed by atoms with E-state index in [0.717, 1.165) is 41.9 Å². The first-order valence-corrected chi connectivity index (χ1v) is 9.28. The minimum absolute atomic E-state index is 0.0298. The number of urea groups is 1. The first-order valence-electron chi connectivity index (χ1n) is 9.28. The molecule has 2 fully saturated rings. The maximum Gasteiger partial charge on any atom is 0.321 e. The average molecular weight is 362 g/mol. The number of rotatable bonds is 3. The number of carbonyl (C=O) groups excluding carboxylic acids is 1. The van der Waals surface area contributed by atoms with E-state index in [-0.39, 0.29) is 17.5 Å². The molecule has 1 saturated heterocycles. The molecule has 1 aromatic carbocycles. The number of fused-ring (bicyclic) bond motifs is 1. The lowest BCUT2D eigenvalue weighted by atomic mass is 9.99. The van der Waals surface area contributed by atoms with Crippen molar-refractivity contribution in [1.82, 2.24) is 19.9 Å². The second-order valence-electron chi connectivity index (χ2n) is 7.60. The van der Waals surface area contributed by atoms with Crippen LogP contribution in [0.25, 0.3) is 11.0 Å². The normalized spacial score (nSPS) is 20.2. The molecular weight excluding hydrogens is 340 g/mol. The standard InChI is InChI=1S/C20H22N6O/c1-25(18-15-7-10-21-17(15)22-13-23-18)16-11-26(12-20(16)8-9-20)19(27)24-14-5-3-2-4-6-14/h2-7,10,13,16H,8-9,11-12H2,1H3,(H,24,27)(H,21,22,23)/t16-/m0/s1. The summed E-state index contributed by atoms with van der Waals surface area (Å²) in [6.45, 7) is 1.49. The van der Waals surface area contributed by atoms with E-state index in [4.69, 9.17) is 0 Å². The molecule has 2 amide bonds. The number of aromatic amines is 1. The van der Waals surface area contributed by atoms with E-state index in [9.17, 15) is 4.79 Å². The fourth-order valence-corrected chi connectivity index (χ4v) is 4.30. The van der Waals surface area contributed by atoms with Crippen LogP contribution in [-0.2, 0) is 0 Å². The minimum Gasteiger partial charge on any atom is -0.354 e. The molecule has 2 aromatic heterocycles. The van der Waals surface area contributed by atoms with Crippen molar-refractivity contribution in [2.75, 3.05) is 30.4 Å². The number of likely N-dealkylation sites (tertiary alicyclic amines) is 1. The Balaban J connectivity index is 1.37. The Labute approximate surface area is 157 Å². The van der Waals surface area contributed by atoms with E-state index in [1.807, 2.05) is 47.5 Å². The highest BCUT2D eigenvalue weighted by Gasteiger charge is 2.57. The molecule has 7 nitrogen and oxygen atoms in total. The molecule has 3 aromatic rings. The molecule has 1 atom stereocenters. The Kier molecular flexibility index (Phi) is 3.56. The molecule has 138 valence electrons. The second kappa shape index (κ2) is 5.97. The van der Waals surface area contributed by atoms with Crippen LogP contribution in [-0.4, -0.2) is 52.1 Å². The molecule has 27 heavy (non-hydrogen) atoms. The fraction of sp³-hybridized carbons (Fsp3) is 0.350. The van der Waals surface area contributed by atoms with Gasteiger partial charge in [-0.25, -0.2) is 14.8 Å². The summed E-state index contributed by atoms with van der Waals surface area (Å²) in [5.41, 5.74) is 1.85. The molecule has 1 aliphatic heterocycles. The van der Waals surface area contributed by atoms with Gasteiger partial charge in [0.15, 0.2) is 0 Å². The van der Waals surface area contributed by atoms with Crippen LogP contribution in [0.3, 0.4) is 0 Å². The van der Waals surface area contributed by atoms with Crippen LogP contribution in [0.15, 0.2) is 48.9 Å². The maximum absolute atomic E-state index is 12.8. The molecule has 0 unspecified atom stereocenters. The quantitative estimate of drug-likeness (QED) is 0.751. The number of nitrogens with zero attached hydrogens (tertiary/aromatic N) is 4. The van der Waals surface area contributed by atoms with Crippen LogP contribution in [0.4, 0.5) is 16.3 Å². The number of anilines is 2. The molecule has 1 aliphatic carbocycles. The van der Waals surface area contributed by atoms with Gasteiger partial charge in [-0.2, -0.15) is 0 Å². The lowest BCUT2D eigenvalue weighted by Crippen LogP contribution is -2.40. The van der Waals surface area contributed by atoms with Gasteiger partial charge < -0.3 is 20.1 Å². The van der Waals surface area contributed by atoms with E-state index in [1.54, 1.807) is 6.33 Å². The zero-order valence-electron chi connectivity index (χ0n) is 15.2. The summed E-state index contributed by atoms with van der Waals surface area (Å²) in [6.07, 6.45) is 5.79. The highest BCUT2D eigenvalue weighted by Crippen LogP contribution is 2.55. The van der Waals surface area contributed by atoms with Gasteiger partial charge in [0.25, 0.3) is 0 Å². The third-order valence-corrected chi connectivity index (χ3v) is 5.94. The Bertz CT molecular complexity index is 980. The molecule has 1 saturated carbocycles. The number of H-pyrrole nitrogens is 1. The zero-order valence-corrected chi connectivity index (χ0v) is 15.2. The van der Waals surface area contributed by atoms with Crippen molar-refractivity contribution >= 4 is 28.6 Å². The maximum atomic E-state index is 12.8. The number of amides is 2. The van der Waals surface area contributed by atoms with Crippen molar-refractivity contribution in [3.63, 3.8) is 0 Å². The van der Waals surface area contributed by atoms with E-state index in [2.05, 4.69) is 32.2 Å². The fourth-order valence-electron chi connectivity index (χ4n) is 4.30. The molecule has 0 bridgehead atoms. The van der Waals surface area contributed by atoms with Crippen LogP contribution in [0, 0.1) is 5.41 Å². The third kappa shape index (κ3) is 2.70. The van der Waals surface area contributed by atoms with E-state index >= 15 is 0 Å². The van der Waals surface area contributed by atoms with Crippen molar-refractivity contribution in [1.29, 1.82) is 0 Å². The Morgan fingerprint density at radius 3 is 2.85 bits per heavy atom. The van der Waals surface area contributed by atoms with Gasteiger partial charge in [-0.15, -0.1) is 0 Å². The Morgan fingerprint density at radius 2 is 2.07 bits per heavy atom.